The van der Waals surface area contributed by atoms with Crippen LogP contribution in [-0.2, 0) is 6.18 Å². The van der Waals surface area contributed by atoms with Crippen molar-refractivity contribution >= 4 is 11.6 Å². The van der Waals surface area contributed by atoms with E-state index in [1.165, 1.54) is 7.05 Å². The van der Waals surface area contributed by atoms with Crippen LogP contribution in [0.2, 0.25) is 5.15 Å². The standard InChI is InChI=1S/C10H12ClF3N2O2/c1-15-4-6(17)9(18)5-2-7(10(12,13)14)16-8(11)3-5/h2-3,6,9,15,17-18H,4H2,1H3. The Hall–Kier alpha value is -0.890. The molecule has 0 aliphatic carbocycles. The molecule has 1 rings (SSSR count). The molecule has 3 N–H and O–H groups in total. The second-order valence-electron chi connectivity index (χ2n) is 3.68. The Morgan fingerprint density at radius 3 is 2.50 bits per heavy atom. The summed E-state index contributed by atoms with van der Waals surface area (Å²) in [6, 6.07) is 1.75. The lowest BCUT2D eigenvalue weighted by atomic mass is 10.0. The zero-order valence-corrected chi connectivity index (χ0v) is 10.1. The van der Waals surface area contributed by atoms with Gasteiger partial charge in [-0.15, -0.1) is 0 Å². The fourth-order valence-electron chi connectivity index (χ4n) is 1.38. The van der Waals surface area contributed by atoms with Gasteiger partial charge < -0.3 is 15.5 Å². The van der Waals surface area contributed by atoms with Crippen LogP contribution in [0.5, 0.6) is 0 Å². The Bertz CT molecular complexity index is 415. The fraction of sp³-hybridized carbons (Fsp3) is 0.500. The minimum Gasteiger partial charge on any atom is -0.389 e. The molecule has 0 aromatic carbocycles. The zero-order valence-electron chi connectivity index (χ0n) is 9.37. The lowest BCUT2D eigenvalue weighted by molar-refractivity contribution is -0.141. The van der Waals surface area contributed by atoms with E-state index in [-0.39, 0.29) is 12.1 Å². The van der Waals surface area contributed by atoms with Gasteiger partial charge in [0.1, 0.15) is 17.0 Å². The number of nitrogens with one attached hydrogen (secondary N) is 1. The van der Waals surface area contributed by atoms with Crippen LogP contribution >= 0.6 is 11.6 Å². The highest BCUT2D eigenvalue weighted by Crippen LogP contribution is 2.31. The minimum absolute atomic E-state index is 0.0302. The van der Waals surface area contributed by atoms with Gasteiger partial charge in [0.25, 0.3) is 0 Å². The minimum atomic E-state index is -4.66. The molecule has 1 heterocycles. The summed E-state index contributed by atoms with van der Waals surface area (Å²) in [4.78, 5) is 3.12. The highest BCUT2D eigenvalue weighted by molar-refractivity contribution is 6.29. The van der Waals surface area contributed by atoms with Gasteiger partial charge in [0.2, 0.25) is 0 Å². The van der Waals surface area contributed by atoms with E-state index in [0.29, 0.717) is 6.07 Å². The van der Waals surface area contributed by atoms with Crippen LogP contribution in [0.3, 0.4) is 0 Å². The van der Waals surface area contributed by atoms with Crippen molar-refractivity contribution in [2.75, 3.05) is 13.6 Å². The summed E-state index contributed by atoms with van der Waals surface area (Å²) in [5.74, 6) is 0. The molecule has 18 heavy (non-hydrogen) atoms. The van der Waals surface area contributed by atoms with Crippen LogP contribution < -0.4 is 5.32 Å². The average Bonchev–Trinajstić information content (AvgIpc) is 2.26. The summed E-state index contributed by atoms with van der Waals surface area (Å²) in [5, 5.41) is 21.4. The van der Waals surface area contributed by atoms with Crippen LogP contribution in [0.1, 0.15) is 17.4 Å². The predicted molar refractivity (Wildman–Crippen MR) is 59.1 cm³/mol. The average molecular weight is 285 g/mol. The van der Waals surface area contributed by atoms with Crippen molar-refractivity contribution < 1.29 is 23.4 Å². The summed E-state index contributed by atoms with van der Waals surface area (Å²) >= 11 is 5.46. The maximum Gasteiger partial charge on any atom is 0.433 e. The van der Waals surface area contributed by atoms with E-state index in [1.807, 2.05) is 0 Å². The maximum atomic E-state index is 12.5. The van der Waals surface area contributed by atoms with E-state index < -0.39 is 29.2 Å². The number of nitrogens with zero attached hydrogens (tertiary/aromatic N) is 1. The van der Waals surface area contributed by atoms with E-state index in [0.717, 1.165) is 6.07 Å². The smallest absolute Gasteiger partial charge is 0.389 e. The normalized spacial score (nSPS) is 15.5. The summed E-state index contributed by atoms with van der Waals surface area (Å²) in [6.45, 7) is 0.0302. The van der Waals surface area contributed by atoms with E-state index >= 15 is 0 Å². The van der Waals surface area contributed by atoms with Crippen LogP contribution in [-0.4, -0.2) is 34.9 Å². The molecule has 4 nitrogen and oxygen atoms in total. The first-order chi connectivity index (χ1) is 8.25. The van der Waals surface area contributed by atoms with Crippen LogP contribution in [0.25, 0.3) is 0 Å². The van der Waals surface area contributed by atoms with Crippen molar-refractivity contribution in [2.24, 2.45) is 0 Å². The zero-order chi connectivity index (χ0) is 13.9. The second-order valence-corrected chi connectivity index (χ2v) is 4.06. The lowest BCUT2D eigenvalue weighted by Gasteiger charge is -2.19. The molecule has 2 atom stereocenters. The van der Waals surface area contributed by atoms with E-state index in [9.17, 15) is 23.4 Å². The SMILES string of the molecule is CNCC(O)C(O)c1cc(Cl)nc(C(F)(F)F)c1. The van der Waals surface area contributed by atoms with Gasteiger partial charge in [-0.2, -0.15) is 13.2 Å². The molecule has 0 bridgehead atoms. The van der Waals surface area contributed by atoms with E-state index in [2.05, 4.69) is 10.3 Å². The summed E-state index contributed by atoms with van der Waals surface area (Å²) < 4.78 is 37.4. The number of rotatable bonds is 4. The topological polar surface area (TPSA) is 65.4 Å². The molecule has 0 aliphatic rings. The van der Waals surface area contributed by atoms with Gasteiger partial charge in [-0.05, 0) is 24.7 Å². The molecule has 0 amide bonds. The Labute approximate surface area is 106 Å². The molecular formula is C10H12ClF3N2O2. The molecule has 1 aromatic rings. The third-order valence-corrected chi connectivity index (χ3v) is 2.42. The largest absolute Gasteiger partial charge is 0.433 e. The summed E-state index contributed by atoms with van der Waals surface area (Å²) in [5.41, 5.74) is -1.34. The first-order valence-electron chi connectivity index (χ1n) is 5.01. The second kappa shape index (κ2) is 5.83. The quantitative estimate of drug-likeness (QED) is 0.731. The molecule has 0 spiro atoms. The Balaban J connectivity index is 3.06. The number of halogens is 4. The lowest BCUT2D eigenvalue weighted by Crippen LogP contribution is -2.29. The number of likely N-dealkylation sites (N-methyl/N-ethyl adjacent to an activating group) is 1. The number of hydrogen-bond acceptors (Lipinski definition) is 4. The molecule has 102 valence electrons. The number of hydrogen-bond donors (Lipinski definition) is 3. The number of aromatic nitrogens is 1. The molecule has 8 heteroatoms. The van der Waals surface area contributed by atoms with Crippen molar-refractivity contribution in [1.29, 1.82) is 0 Å². The van der Waals surface area contributed by atoms with E-state index in [4.69, 9.17) is 11.6 Å². The van der Waals surface area contributed by atoms with Gasteiger partial charge in [0.15, 0.2) is 0 Å². The number of aliphatic hydroxyl groups is 2. The molecule has 0 radical (unpaired) electrons. The first-order valence-corrected chi connectivity index (χ1v) is 5.39. The van der Waals surface area contributed by atoms with Crippen molar-refractivity contribution in [3.63, 3.8) is 0 Å². The molecule has 0 fully saturated rings. The predicted octanol–water partition coefficient (Wildman–Crippen LogP) is 1.37. The first kappa shape index (κ1) is 15.2. The molecule has 2 unspecified atom stereocenters. The Morgan fingerprint density at radius 2 is 2.00 bits per heavy atom. The van der Waals surface area contributed by atoms with Gasteiger partial charge in [0, 0.05) is 6.54 Å². The van der Waals surface area contributed by atoms with Crippen molar-refractivity contribution in [1.82, 2.24) is 10.3 Å². The third-order valence-electron chi connectivity index (χ3n) is 2.23. The third kappa shape index (κ3) is 3.81. The fourth-order valence-corrected chi connectivity index (χ4v) is 1.59. The monoisotopic (exact) mass is 284 g/mol. The highest BCUT2D eigenvalue weighted by Gasteiger charge is 2.34. The molecule has 0 aliphatic heterocycles. The maximum absolute atomic E-state index is 12.5. The van der Waals surface area contributed by atoms with Crippen LogP contribution in [0.4, 0.5) is 13.2 Å². The number of pyridine rings is 1. The van der Waals surface area contributed by atoms with Gasteiger partial charge in [0.05, 0.1) is 6.10 Å². The molecule has 0 saturated carbocycles. The number of aliphatic hydroxyl groups excluding tert-OH is 2. The van der Waals surface area contributed by atoms with E-state index in [1.54, 1.807) is 0 Å². The van der Waals surface area contributed by atoms with Gasteiger partial charge in [-0.1, -0.05) is 11.6 Å². The summed E-state index contributed by atoms with van der Waals surface area (Å²) in [6.07, 6.45) is -7.37. The Kier molecular flexibility index (Phi) is 4.92. The van der Waals surface area contributed by atoms with Gasteiger partial charge in [-0.3, -0.25) is 0 Å². The van der Waals surface area contributed by atoms with Crippen LogP contribution in [0.15, 0.2) is 12.1 Å². The summed E-state index contributed by atoms with van der Waals surface area (Å²) in [7, 11) is 1.54. The molecular weight excluding hydrogens is 273 g/mol. The van der Waals surface area contributed by atoms with Crippen molar-refractivity contribution in [3.05, 3.63) is 28.5 Å². The van der Waals surface area contributed by atoms with Crippen molar-refractivity contribution in [2.45, 2.75) is 18.4 Å². The van der Waals surface area contributed by atoms with Crippen molar-refractivity contribution in [3.8, 4) is 0 Å². The molecule has 0 saturated heterocycles. The molecule has 1 aromatic heterocycles. The Morgan fingerprint density at radius 1 is 1.39 bits per heavy atom. The van der Waals surface area contributed by atoms with Crippen LogP contribution in [0, 0.1) is 0 Å². The van der Waals surface area contributed by atoms with Gasteiger partial charge in [-0.25, -0.2) is 4.98 Å². The highest BCUT2D eigenvalue weighted by atomic mass is 35.5. The number of alkyl halides is 3. The van der Waals surface area contributed by atoms with Gasteiger partial charge >= 0.3 is 6.18 Å².